The molecule has 2 aliphatic heterocycles. The van der Waals surface area contributed by atoms with Crippen molar-refractivity contribution in [2.75, 3.05) is 19.6 Å². The van der Waals surface area contributed by atoms with Gasteiger partial charge in [-0.15, -0.1) is 0 Å². The Hall–Kier alpha value is -1.64. The Kier molecular flexibility index (Phi) is 3.62. The van der Waals surface area contributed by atoms with E-state index < -0.39 is 22.1 Å². The summed E-state index contributed by atoms with van der Waals surface area (Å²) < 4.78 is 26.2. The van der Waals surface area contributed by atoms with Gasteiger partial charge in [-0.05, 0) is 24.6 Å². The third-order valence-electron chi connectivity index (χ3n) is 3.85. The first kappa shape index (κ1) is 15.3. The van der Waals surface area contributed by atoms with Crippen LogP contribution in [0.4, 0.5) is 4.79 Å². The van der Waals surface area contributed by atoms with Gasteiger partial charge in [-0.2, -0.15) is 4.31 Å². The lowest BCUT2D eigenvalue weighted by Gasteiger charge is -2.41. The van der Waals surface area contributed by atoms with Gasteiger partial charge in [0.1, 0.15) is 0 Å². The van der Waals surface area contributed by atoms with E-state index in [9.17, 15) is 18.0 Å². The van der Waals surface area contributed by atoms with Crippen LogP contribution in [0.1, 0.15) is 5.56 Å². The second-order valence-electron chi connectivity index (χ2n) is 5.31. The fourth-order valence-electron chi connectivity index (χ4n) is 2.46. The van der Waals surface area contributed by atoms with Gasteiger partial charge < -0.3 is 5.32 Å². The SMILES string of the molecule is Cc1ccc(S(=O)(=O)N2CC(N3C(=O)CNC3=O)C2)cc1Cl. The fraction of sp³-hybridized carbons (Fsp3) is 0.385. The Morgan fingerprint density at radius 2 is 1.95 bits per heavy atom. The molecular formula is C13H14ClN3O4S. The zero-order valence-corrected chi connectivity index (χ0v) is 13.3. The molecule has 2 heterocycles. The first-order chi connectivity index (χ1) is 10.3. The minimum Gasteiger partial charge on any atom is -0.329 e. The Bertz CT molecular complexity index is 743. The van der Waals surface area contributed by atoms with Crippen LogP contribution in [0.25, 0.3) is 0 Å². The van der Waals surface area contributed by atoms with Crippen molar-refractivity contribution in [1.29, 1.82) is 0 Å². The zero-order chi connectivity index (χ0) is 16.1. The van der Waals surface area contributed by atoms with E-state index in [1.807, 2.05) is 0 Å². The van der Waals surface area contributed by atoms with Crippen LogP contribution in [0.15, 0.2) is 23.1 Å². The molecule has 7 nitrogen and oxygen atoms in total. The molecular weight excluding hydrogens is 330 g/mol. The van der Waals surface area contributed by atoms with Crippen molar-refractivity contribution in [3.8, 4) is 0 Å². The lowest BCUT2D eigenvalue weighted by atomic mass is 10.1. The molecule has 118 valence electrons. The normalized spacial score (nSPS) is 20.2. The lowest BCUT2D eigenvalue weighted by Crippen LogP contribution is -2.62. The maximum atomic E-state index is 12.5. The lowest BCUT2D eigenvalue weighted by molar-refractivity contribution is -0.128. The monoisotopic (exact) mass is 343 g/mol. The summed E-state index contributed by atoms with van der Waals surface area (Å²) in [6.07, 6.45) is 0. The maximum Gasteiger partial charge on any atom is 0.324 e. The van der Waals surface area contributed by atoms with E-state index in [1.165, 1.54) is 16.4 Å². The number of sulfonamides is 1. The number of imide groups is 1. The molecule has 9 heteroatoms. The number of carbonyl (C=O) groups excluding carboxylic acids is 2. The van der Waals surface area contributed by atoms with E-state index in [1.54, 1.807) is 13.0 Å². The first-order valence-corrected chi connectivity index (χ1v) is 8.48. The molecule has 2 saturated heterocycles. The molecule has 1 N–H and O–H groups in total. The van der Waals surface area contributed by atoms with Crippen molar-refractivity contribution in [2.24, 2.45) is 0 Å². The van der Waals surface area contributed by atoms with Crippen LogP contribution < -0.4 is 5.32 Å². The number of rotatable bonds is 3. The third kappa shape index (κ3) is 2.37. The molecule has 0 aliphatic carbocycles. The number of hydrogen-bond donors (Lipinski definition) is 1. The molecule has 2 aliphatic rings. The summed E-state index contributed by atoms with van der Waals surface area (Å²) in [6, 6.07) is 3.67. The molecule has 0 saturated carbocycles. The van der Waals surface area contributed by atoms with Crippen LogP contribution in [-0.4, -0.2) is 55.2 Å². The minimum atomic E-state index is -3.66. The molecule has 0 aromatic heterocycles. The molecule has 0 atom stereocenters. The van der Waals surface area contributed by atoms with E-state index in [2.05, 4.69) is 5.32 Å². The van der Waals surface area contributed by atoms with Crippen molar-refractivity contribution >= 4 is 33.6 Å². The van der Waals surface area contributed by atoms with Gasteiger partial charge >= 0.3 is 6.03 Å². The number of hydrogen-bond acceptors (Lipinski definition) is 4. The molecule has 3 amide bonds. The summed E-state index contributed by atoms with van der Waals surface area (Å²) in [5.41, 5.74) is 0.793. The predicted octanol–water partition coefficient (Wildman–Crippen LogP) is 0.573. The van der Waals surface area contributed by atoms with Crippen LogP contribution in [0.5, 0.6) is 0 Å². The molecule has 0 bridgehead atoms. The standard InChI is InChI=1S/C13H14ClN3O4S/c1-8-2-3-10(4-11(8)14)22(20,21)16-6-9(7-16)17-12(18)5-15-13(17)19/h2-4,9H,5-7H2,1H3,(H,15,19). The summed E-state index contributed by atoms with van der Waals surface area (Å²) in [6.45, 7) is 1.96. The van der Waals surface area contributed by atoms with Gasteiger partial charge in [0.15, 0.2) is 0 Å². The average molecular weight is 344 g/mol. The summed E-state index contributed by atoms with van der Waals surface area (Å²) in [5.74, 6) is -0.328. The highest BCUT2D eigenvalue weighted by Gasteiger charge is 2.45. The van der Waals surface area contributed by atoms with Crippen LogP contribution in [0, 0.1) is 6.92 Å². The molecule has 2 fully saturated rings. The highest BCUT2D eigenvalue weighted by Crippen LogP contribution is 2.27. The van der Waals surface area contributed by atoms with Crippen molar-refractivity contribution in [1.82, 2.24) is 14.5 Å². The van der Waals surface area contributed by atoms with E-state index in [-0.39, 0.29) is 30.4 Å². The van der Waals surface area contributed by atoms with Gasteiger partial charge in [0.25, 0.3) is 0 Å². The summed E-state index contributed by atoms with van der Waals surface area (Å²) in [7, 11) is -3.66. The molecule has 0 spiro atoms. The first-order valence-electron chi connectivity index (χ1n) is 6.67. The van der Waals surface area contributed by atoms with Crippen LogP contribution in [-0.2, 0) is 14.8 Å². The smallest absolute Gasteiger partial charge is 0.324 e. The average Bonchev–Trinajstić information content (AvgIpc) is 2.72. The van der Waals surface area contributed by atoms with E-state index in [0.717, 1.165) is 10.5 Å². The van der Waals surface area contributed by atoms with Gasteiger partial charge in [0.2, 0.25) is 15.9 Å². The summed E-state index contributed by atoms with van der Waals surface area (Å²) >= 11 is 5.97. The largest absolute Gasteiger partial charge is 0.329 e. The minimum absolute atomic E-state index is 0.0321. The van der Waals surface area contributed by atoms with Crippen LogP contribution >= 0.6 is 11.6 Å². The van der Waals surface area contributed by atoms with Gasteiger partial charge in [-0.3, -0.25) is 9.69 Å². The number of urea groups is 1. The van der Waals surface area contributed by atoms with Crippen molar-refractivity contribution in [2.45, 2.75) is 17.9 Å². The van der Waals surface area contributed by atoms with Crippen molar-refractivity contribution in [3.63, 3.8) is 0 Å². The van der Waals surface area contributed by atoms with E-state index >= 15 is 0 Å². The number of aryl methyl sites for hydroxylation is 1. The summed E-state index contributed by atoms with van der Waals surface area (Å²) in [5, 5.41) is 2.80. The number of benzene rings is 1. The molecule has 1 aromatic rings. The Morgan fingerprint density at radius 1 is 1.27 bits per heavy atom. The molecule has 22 heavy (non-hydrogen) atoms. The Morgan fingerprint density at radius 3 is 2.50 bits per heavy atom. The number of carbonyl (C=O) groups is 2. The van der Waals surface area contributed by atoms with Crippen molar-refractivity contribution < 1.29 is 18.0 Å². The van der Waals surface area contributed by atoms with Gasteiger partial charge in [0, 0.05) is 18.1 Å². The van der Waals surface area contributed by atoms with Gasteiger partial charge in [0.05, 0.1) is 17.5 Å². The molecule has 0 unspecified atom stereocenters. The predicted molar refractivity (Wildman–Crippen MR) is 79.0 cm³/mol. The Labute approximate surface area is 132 Å². The third-order valence-corrected chi connectivity index (χ3v) is 6.09. The number of nitrogens with zero attached hydrogens (tertiary/aromatic N) is 2. The van der Waals surface area contributed by atoms with Gasteiger partial charge in [-0.1, -0.05) is 17.7 Å². The highest BCUT2D eigenvalue weighted by molar-refractivity contribution is 7.89. The van der Waals surface area contributed by atoms with E-state index in [4.69, 9.17) is 11.6 Å². The highest BCUT2D eigenvalue weighted by atomic mass is 35.5. The molecule has 0 radical (unpaired) electrons. The maximum absolute atomic E-state index is 12.5. The van der Waals surface area contributed by atoms with Gasteiger partial charge in [-0.25, -0.2) is 13.2 Å². The second-order valence-corrected chi connectivity index (χ2v) is 7.65. The van der Waals surface area contributed by atoms with Crippen molar-refractivity contribution in [3.05, 3.63) is 28.8 Å². The number of amides is 3. The van der Waals surface area contributed by atoms with Crippen LogP contribution in [0.3, 0.4) is 0 Å². The molecule has 3 rings (SSSR count). The Balaban J connectivity index is 1.75. The number of halogens is 1. The van der Waals surface area contributed by atoms with E-state index in [0.29, 0.717) is 5.02 Å². The number of nitrogens with one attached hydrogen (secondary N) is 1. The van der Waals surface area contributed by atoms with Crippen LogP contribution in [0.2, 0.25) is 5.02 Å². The second kappa shape index (κ2) is 5.22. The quantitative estimate of drug-likeness (QED) is 0.813. The summed E-state index contributed by atoms with van der Waals surface area (Å²) in [4.78, 5) is 24.3. The fourth-order valence-corrected chi connectivity index (χ4v) is 4.25. The zero-order valence-electron chi connectivity index (χ0n) is 11.7. The topological polar surface area (TPSA) is 86.8 Å². The molecule has 1 aromatic carbocycles.